The molecule has 0 atom stereocenters. The quantitative estimate of drug-likeness (QED) is 0.429. The summed E-state index contributed by atoms with van der Waals surface area (Å²) in [6.07, 6.45) is 6.57. The van der Waals surface area contributed by atoms with E-state index in [-0.39, 0.29) is 0 Å². The maximum absolute atomic E-state index is 6.14. The van der Waals surface area contributed by atoms with Gasteiger partial charge in [-0.3, -0.25) is 0 Å². The number of imidazole rings is 1. The Balaban J connectivity index is 1.83. The number of aromatic nitrogens is 3. The molecule has 4 nitrogen and oxygen atoms in total. The number of ether oxygens (including phenoxy) is 1. The second-order valence-electron chi connectivity index (χ2n) is 6.87. The van der Waals surface area contributed by atoms with E-state index in [9.17, 15) is 0 Å². The zero-order valence-electron chi connectivity index (χ0n) is 15.2. The summed E-state index contributed by atoms with van der Waals surface area (Å²) in [5.74, 6) is 3.15. The fourth-order valence-corrected chi connectivity index (χ4v) is 3.96. The number of hydrogen-bond acceptors (Lipinski definition) is 3. The fourth-order valence-electron chi connectivity index (χ4n) is 3.77. The van der Waals surface area contributed by atoms with E-state index in [1.807, 2.05) is 30.3 Å². The molecule has 0 aliphatic heterocycles. The van der Waals surface area contributed by atoms with Gasteiger partial charge in [-0.2, -0.15) is 0 Å². The van der Waals surface area contributed by atoms with Gasteiger partial charge in [0, 0.05) is 18.1 Å². The van der Waals surface area contributed by atoms with E-state index in [1.54, 1.807) is 0 Å². The van der Waals surface area contributed by atoms with E-state index in [0.717, 1.165) is 49.3 Å². The van der Waals surface area contributed by atoms with Gasteiger partial charge in [0.1, 0.15) is 11.6 Å². The Morgan fingerprint density at radius 2 is 1.88 bits per heavy atom. The van der Waals surface area contributed by atoms with E-state index in [1.165, 1.54) is 29.6 Å². The van der Waals surface area contributed by atoms with Gasteiger partial charge < -0.3 is 9.30 Å². The molecule has 0 bridgehead atoms. The lowest BCUT2D eigenvalue weighted by molar-refractivity contribution is 0.463. The number of rotatable bonds is 6. The van der Waals surface area contributed by atoms with Crippen LogP contribution in [-0.4, -0.2) is 20.4 Å². The van der Waals surface area contributed by atoms with Crippen LogP contribution in [-0.2, 0) is 19.4 Å². The molecule has 3 aromatic rings. The number of halogens is 1. The number of alkyl halides is 1. The monoisotopic (exact) mass is 369 g/mol. The van der Waals surface area contributed by atoms with Crippen LogP contribution in [0.2, 0.25) is 0 Å². The summed E-state index contributed by atoms with van der Waals surface area (Å²) >= 11 is 5.88. The molecule has 2 aromatic heterocycles. The summed E-state index contributed by atoms with van der Waals surface area (Å²) in [7, 11) is 0. The molecule has 5 heteroatoms. The summed E-state index contributed by atoms with van der Waals surface area (Å²) in [5, 5.41) is 0. The van der Waals surface area contributed by atoms with E-state index >= 15 is 0 Å². The van der Waals surface area contributed by atoms with Gasteiger partial charge in [0.2, 0.25) is 5.88 Å². The zero-order chi connectivity index (χ0) is 17.9. The second kappa shape index (κ2) is 7.67. The van der Waals surface area contributed by atoms with Gasteiger partial charge in [0.15, 0.2) is 5.52 Å². The van der Waals surface area contributed by atoms with E-state index in [4.69, 9.17) is 26.3 Å². The molecule has 26 heavy (non-hydrogen) atoms. The molecular formula is C21H24ClN3O. The summed E-state index contributed by atoms with van der Waals surface area (Å²) in [4.78, 5) is 9.71. The molecule has 0 N–H and O–H groups in total. The molecule has 0 amide bonds. The van der Waals surface area contributed by atoms with Gasteiger partial charge in [-0.1, -0.05) is 18.2 Å². The largest absolute Gasteiger partial charge is 0.437 e. The number of nitrogens with zero attached hydrogens (tertiary/aromatic N) is 3. The zero-order valence-corrected chi connectivity index (χ0v) is 15.9. The first-order valence-corrected chi connectivity index (χ1v) is 9.99. The molecule has 0 spiro atoms. The molecule has 1 aliphatic rings. The van der Waals surface area contributed by atoms with Crippen molar-refractivity contribution in [1.29, 1.82) is 0 Å². The van der Waals surface area contributed by atoms with Crippen LogP contribution < -0.4 is 4.74 Å². The van der Waals surface area contributed by atoms with Crippen LogP contribution in [0.5, 0.6) is 11.6 Å². The third kappa shape index (κ3) is 3.30. The van der Waals surface area contributed by atoms with Crippen LogP contribution in [0, 0.1) is 6.92 Å². The molecule has 1 aromatic carbocycles. The van der Waals surface area contributed by atoms with Crippen molar-refractivity contribution in [1.82, 2.24) is 14.5 Å². The van der Waals surface area contributed by atoms with Crippen molar-refractivity contribution >= 4 is 22.6 Å². The lowest BCUT2D eigenvalue weighted by Crippen LogP contribution is -2.10. The minimum atomic E-state index is 0.631. The molecule has 1 aliphatic carbocycles. The minimum absolute atomic E-state index is 0.631. The molecule has 4 rings (SSSR count). The highest BCUT2D eigenvalue weighted by molar-refractivity contribution is 6.17. The van der Waals surface area contributed by atoms with Crippen LogP contribution in [0.3, 0.4) is 0 Å². The number of hydrogen-bond donors (Lipinski definition) is 0. The van der Waals surface area contributed by atoms with Crippen molar-refractivity contribution in [3.63, 3.8) is 0 Å². The number of unbranched alkanes of at least 4 members (excludes halogenated alkanes) is 1. The summed E-state index contributed by atoms with van der Waals surface area (Å²) in [6.45, 7) is 3.01. The molecule has 0 saturated heterocycles. The van der Waals surface area contributed by atoms with Gasteiger partial charge >= 0.3 is 0 Å². The SMILES string of the molecule is Cc1nc2c(Oc3ccccc3)nc3c(c2n1CCCCCl)CCCC3. The molecule has 2 heterocycles. The van der Waals surface area contributed by atoms with E-state index < -0.39 is 0 Å². The van der Waals surface area contributed by atoms with Gasteiger partial charge in [0.05, 0.1) is 5.52 Å². The number of pyridine rings is 1. The normalized spacial score (nSPS) is 13.8. The van der Waals surface area contributed by atoms with E-state index in [0.29, 0.717) is 11.8 Å². The Morgan fingerprint density at radius 3 is 2.69 bits per heavy atom. The lowest BCUT2D eigenvalue weighted by Gasteiger charge is -2.19. The lowest BCUT2D eigenvalue weighted by atomic mass is 9.95. The summed E-state index contributed by atoms with van der Waals surface area (Å²) < 4.78 is 8.48. The highest BCUT2D eigenvalue weighted by Crippen LogP contribution is 2.35. The van der Waals surface area contributed by atoms with E-state index in [2.05, 4.69) is 11.5 Å². The third-order valence-electron chi connectivity index (χ3n) is 5.05. The maximum atomic E-state index is 6.14. The first-order valence-electron chi connectivity index (χ1n) is 9.45. The average Bonchev–Trinajstić information content (AvgIpc) is 3.00. The number of para-hydroxylation sites is 1. The van der Waals surface area contributed by atoms with Crippen molar-refractivity contribution in [3.8, 4) is 11.6 Å². The van der Waals surface area contributed by atoms with Gasteiger partial charge in [-0.05, 0) is 63.1 Å². The van der Waals surface area contributed by atoms with Crippen molar-refractivity contribution in [2.75, 3.05) is 5.88 Å². The first-order chi connectivity index (χ1) is 12.8. The topological polar surface area (TPSA) is 39.9 Å². The molecule has 0 radical (unpaired) electrons. The Morgan fingerprint density at radius 1 is 1.08 bits per heavy atom. The second-order valence-corrected chi connectivity index (χ2v) is 7.25. The van der Waals surface area contributed by atoms with Crippen LogP contribution in [0.15, 0.2) is 30.3 Å². The van der Waals surface area contributed by atoms with Crippen LogP contribution in [0.1, 0.15) is 42.8 Å². The summed E-state index contributed by atoms with van der Waals surface area (Å²) in [6, 6.07) is 9.84. The summed E-state index contributed by atoms with van der Waals surface area (Å²) in [5.41, 5.74) is 4.64. The minimum Gasteiger partial charge on any atom is -0.437 e. The maximum Gasteiger partial charge on any atom is 0.247 e. The van der Waals surface area contributed by atoms with Crippen LogP contribution in [0.25, 0.3) is 11.0 Å². The Bertz CT molecular complexity index is 905. The third-order valence-corrected chi connectivity index (χ3v) is 5.31. The number of benzene rings is 1. The van der Waals surface area contributed by atoms with Crippen molar-refractivity contribution in [3.05, 3.63) is 47.4 Å². The fraction of sp³-hybridized carbons (Fsp3) is 0.429. The molecular weight excluding hydrogens is 346 g/mol. The van der Waals surface area contributed by atoms with Crippen molar-refractivity contribution in [2.45, 2.75) is 52.0 Å². The highest BCUT2D eigenvalue weighted by Gasteiger charge is 2.23. The number of fused-ring (bicyclic) bond motifs is 3. The van der Waals surface area contributed by atoms with Crippen molar-refractivity contribution < 1.29 is 4.74 Å². The van der Waals surface area contributed by atoms with Crippen LogP contribution >= 0.6 is 11.6 Å². The highest BCUT2D eigenvalue weighted by atomic mass is 35.5. The first kappa shape index (κ1) is 17.3. The standard InChI is InChI=1S/C21H24ClN3O/c1-15-23-19-20(25(15)14-8-7-13-22)17-11-5-6-12-18(17)24-21(19)26-16-9-3-2-4-10-16/h2-4,9-10H,5-8,11-14H2,1H3. The van der Waals surface area contributed by atoms with Crippen molar-refractivity contribution in [2.24, 2.45) is 0 Å². The Hall–Kier alpha value is -2.07. The predicted octanol–water partition coefficient (Wildman–Crippen LogP) is 5.43. The predicted molar refractivity (Wildman–Crippen MR) is 105 cm³/mol. The van der Waals surface area contributed by atoms with Gasteiger partial charge in [0.25, 0.3) is 0 Å². The number of aryl methyl sites for hydroxylation is 4. The smallest absolute Gasteiger partial charge is 0.247 e. The molecule has 136 valence electrons. The van der Waals surface area contributed by atoms with Gasteiger partial charge in [-0.15, -0.1) is 11.6 Å². The average molecular weight is 370 g/mol. The molecule has 0 fully saturated rings. The Kier molecular flexibility index (Phi) is 5.11. The van der Waals surface area contributed by atoms with Crippen LogP contribution in [0.4, 0.5) is 0 Å². The van der Waals surface area contributed by atoms with Gasteiger partial charge in [-0.25, -0.2) is 9.97 Å². The molecule has 0 saturated carbocycles. The Labute approximate surface area is 159 Å². The molecule has 0 unspecified atom stereocenters.